The van der Waals surface area contributed by atoms with E-state index in [-0.39, 0.29) is 5.97 Å². The first-order valence-electron chi connectivity index (χ1n) is 5.55. The highest BCUT2D eigenvalue weighted by Crippen LogP contribution is 2.25. The van der Waals surface area contributed by atoms with Gasteiger partial charge >= 0.3 is 5.97 Å². The molecule has 14 heavy (non-hydrogen) atoms. The van der Waals surface area contributed by atoms with Crippen molar-refractivity contribution in [2.24, 2.45) is 5.92 Å². The molecule has 1 saturated carbocycles. The van der Waals surface area contributed by atoms with Gasteiger partial charge in [0.15, 0.2) is 0 Å². The fourth-order valence-electron chi connectivity index (χ4n) is 2.11. The molecule has 0 aromatic carbocycles. The topological polar surface area (TPSA) is 29.5 Å². The number of rotatable bonds is 5. The van der Waals surface area contributed by atoms with Crippen molar-refractivity contribution >= 4 is 5.97 Å². The molecule has 1 fully saturated rings. The molecule has 82 valence electrons. The Morgan fingerprint density at radius 1 is 1.43 bits per heavy atom. The first kappa shape index (κ1) is 11.5. The first-order chi connectivity index (χ1) is 6.76. The van der Waals surface area contributed by atoms with Gasteiger partial charge in [0, 0.05) is 6.54 Å². The molecule has 0 aromatic rings. The minimum absolute atomic E-state index is 0.121. The van der Waals surface area contributed by atoms with Gasteiger partial charge < -0.3 is 4.74 Å². The highest BCUT2D eigenvalue weighted by atomic mass is 16.5. The van der Waals surface area contributed by atoms with Gasteiger partial charge in [-0.05, 0) is 25.3 Å². The van der Waals surface area contributed by atoms with Crippen LogP contribution in [-0.4, -0.2) is 37.6 Å². The van der Waals surface area contributed by atoms with Crippen molar-refractivity contribution in [2.45, 2.75) is 32.6 Å². The van der Waals surface area contributed by atoms with Gasteiger partial charge in [-0.15, -0.1) is 0 Å². The third kappa shape index (κ3) is 3.66. The lowest BCUT2D eigenvalue weighted by atomic mass is 10.1. The maximum atomic E-state index is 11.1. The van der Waals surface area contributed by atoms with Gasteiger partial charge in [0.05, 0.1) is 13.7 Å². The number of hydrogen-bond donors (Lipinski definition) is 0. The second kappa shape index (κ2) is 6.02. The quantitative estimate of drug-likeness (QED) is 0.631. The maximum absolute atomic E-state index is 11.1. The standard InChI is InChI=1S/C11H21NO2/c1-3-12(9-11(13)14-2)8-10-6-4-5-7-10/h10H,3-9H2,1-2H3. The summed E-state index contributed by atoms with van der Waals surface area (Å²) in [6.45, 7) is 4.54. The Balaban J connectivity index is 2.26. The highest BCUT2D eigenvalue weighted by Gasteiger charge is 2.19. The van der Waals surface area contributed by atoms with Crippen LogP contribution >= 0.6 is 0 Å². The summed E-state index contributed by atoms with van der Waals surface area (Å²) in [5.41, 5.74) is 0. The van der Waals surface area contributed by atoms with Crippen LogP contribution in [0.15, 0.2) is 0 Å². The number of nitrogens with zero attached hydrogens (tertiary/aromatic N) is 1. The molecule has 1 rings (SSSR count). The van der Waals surface area contributed by atoms with E-state index in [1.165, 1.54) is 32.8 Å². The van der Waals surface area contributed by atoms with Crippen LogP contribution in [0.3, 0.4) is 0 Å². The normalized spacial score (nSPS) is 17.6. The number of hydrogen-bond acceptors (Lipinski definition) is 3. The van der Waals surface area contributed by atoms with Crippen LogP contribution in [0.4, 0.5) is 0 Å². The third-order valence-electron chi connectivity index (χ3n) is 3.02. The molecule has 0 aliphatic heterocycles. The third-order valence-corrected chi connectivity index (χ3v) is 3.02. The molecule has 0 spiro atoms. The molecule has 0 amide bonds. The summed E-state index contributed by atoms with van der Waals surface area (Å²) >= 11 is 0. The summed E-state index contributed by atoms with van der Waals surface area (Å²) in [7, 11) is 1.45. The molecular weight excluding hydrogens is 178 g/mol. The average molecular weight is 199 g/mol. The summed E-state index contributed by atoms with van der Waals surface area (Å²) in [6.07, 6.45) is 5.39. The summed E-state index contributed by atoms with van der Waals surface area (Å²) in [4.78, 5) is 13.3. The maximum Gasteiger partial charge on any atom is 0.319 e. The lowest BCUT2D eigenvalue weighted by molar-refractivity contribution is -0.142. The van der Waals surface area contributed by atoms with E-state index in [0.717, 1.165) is 19.0 Å². The zero-order chi connectivity index (χ0) is 10.4. The Hall–Kier alpha value is -0.570. The largest absolute Gasteiger partial charge is 0.468 e. The van der Waals surface area contributed by atoms with E-state index >= 15 is 0 Å². The zero-order valence-corrected chi connectivity index (χ0v) is 9.29. The van der Waals surface area contributed by atoms with Crippen molar-refractivity contribution in [3.8, 4) is 0 Å². The van der Waals surface area contributed by atoms with Crippen LogP contribution in [0.5, 0.6) is 0 Å². The van der Waals surface area contributed by atoms with Crippen LogP contribution < -0.4 is 0 Å². The van der Waals surface area contributed by atoms with Crippen molar-refractivity contribution in [3.63, 3.8) is 0 Å². The monoisotopic (exact) mass is 199 g/mol. The van der Waals surface area contributed by atoms with E-state index in [4.69, 9.17) is 0 Å². The van der Waals surface area contributed by atoms with E-state index < -0.39 is 0 Å². The Morgan fingerprint density at radius 2 is 2.07 bits per heavy atom. The van der Waals surface area contributed by atoms with Crippen LogP contribution in [0.1, 0.15) is 32.6 Å². The molecule has 0 bridgehead atoms. The summed E-state index contributed by atoms with van der Waals surface area (Å²) < 4.78 is 4.67. The Morgan fingerprint density at radius 3 is 2.57 bits per heavy atom. The first-order valence-corrected chi connectivity index (χ1v) is 5.55. The molecule has 0 N–H and O–H groups in total. The van der Waals surface area contributed by atoms with E-state index in [1.807, 2.05) is 0 Å². The molecule has 0 saturated heterocycles. The molecule has 0 atom stereocenters. The minimum Gasteiger partial charge on any atom is -0.468 e. The van der Waals surface area contributed by atoms with Gasteiger partial charge in [-0.2, -0.15) is 0 Å². The number of ether oxygens (including phenoxy) is 1. The van der Waals surface area contributed by atoms with Crippen molar-refractivity contribution in [2.75, 3.05) is 26.7 Å². The Kier molecular flexibility index (Phi) is 4.94. The van der Waals surface area contributed by atoms with Crippen molar-refractivity contribution in [3.05, 3.63) is 0 Å². The molecule has 3 heteroatoms. The predicted octanol–water partition coefficient (Wildman–Crippen LogP) is 1.67. The molecule has 1 aliphatic rings. The average Bonchev–Trinajstić information content (AvgIpc) is 2.69. The van der Waals surface area contributed by atoms with Gasteiger partial charge in [0.1, 0.15) is 0 Å². The predicted molar refractivity (Wildman–Crippen MR) is 56.1 cm³/mol. The lowest BCUT2D eigenvalue weighted by Crippen LogP contribution is -2.34. The van der Waals surface area contributed by atoms with Gasteiger partial charge in [0.25, 0.3) is 0 Å². The molecule has 1 aliphatic carbocycles. The van der Waals surface area contributed by atoms with Crippen molar-refractivity contribution in [1.82, 2.24) is 4.90 Å². The summed E-state index contributed by atoms with van der Waals surface area (Å²) in [5.74, 6) is 0.685. The lowest BCUT2D eigenvalue weighted by Gasteiger charge is -2.22. The number of carbonyl (C=O) groups excluding carboxylic acids is 1. The van der Waals surface area contributed by atoms with Crippen LogP contribution in [-0.2, 0) is 9.53 Å². The number of methoxy groups -OCH3 is 1. The van der Waals surface area contributed by atoms with Gasteiger partial charge in [-0.25, -0.2) is 0 Å². The molecule has 0 unspecified atom stereocenters. The van der Waals surface area contributed by atoms with Crippen LogP contribution in [0.25, 0.3) is 0 Å². The molecular formula is C11H21NO2. The minimum atomic E-state index is -0.121. The second-order valence-electron chi connectivity index (χ2n) is 4.05. The van der Waals surface area contributed by atoms with Crippen molar-refractivity contribution in [1.29, 1.82) is 0 Å². The SMILES string of the molecule is CCN(CC(=O)OC)CC1CCCC1. The zero-order valence-electron chi connectivity index (χ0n) is 9.29. The summed E-state index contributed by atoms with van der Waals surface area (Å²) in [6, 6.07) is 0. The Labute approximate surface area is 86.4 Å². The number of carbonyl (C=O) groups is 1. The molecule has 0 radical (unpaired) electrons. The highest BCUT2D eigenvalue weighted by molar-refractivity contribution is 5.71. The van der Waals surface area contributed by atoms with Crippen LogP contribution in [0, 0.1) is 5.92 Å². The fourth-order valence-corrected chi connectivity index (χ4v) is 2.11. The van der Waals surface area contributed by atoms with Gasteiger partial charge in [-0.1, -0.05) is 19.8 Å². The molecule has 3 nitrogen and oxygen atoms in total. The molecule has 0 heterocycles. The van der Waals surface area contributed by atoms with Crippen LogP contribution in [0.2, 0.25) is 0 Å². The molecule has 0 aromatic heterocycles. The summed E-state index contributed by atoms with van der Waals surface area (Å²) in [5, 5.41) is 0. The van der Waals surface area contributed by atoms with E-state index in [1.54, 1.807) is 0 Å². The van der Waals surface area contributed by atoms with Gasteiger partial charge in [-0.3, -0.25) is 9.69 Å². The second-order valence-corrected chi connectivity index (χ2v) is 4.05. The van der Waals surface area contributed by atoms with Crippen molar-refractivity contribution < 1.29 is 9.53 Å². The fraction of sp³-hybridized carbons (Fsp3) is 0.909. The number of esters is 1. The van der Waals surface area contributed by atoms with Gasteiger partial charge in [0.2, 0.25) is 0 Å². The number of likely N-dealkylation sites (N-methyl/N-ethyl adjacent to an activating group) is 1. The van der Waals surface area contributed by atoms with E-state index in [2.05, 4.69) is 16.6 Å². The van der Waals surface area contributed by atoms with E-state index in [9.17, 15) is 4.79 Å². The Bertz CT molecular complexity index is 176. The van der Waals surface area contributed by atoms with E-state index in [0.29, 0.717) is 6.54 Å². The smallest absolute Gasteiger partial charge is 0.319 e.